The van der Waals surface area contributed by atoms with Crippen LogP contribution in [0.4, 0.5) is 16.4 Å². The molecule has 2 aliphatic rings. The van der Waals surface area contributed by atoms with Crippen molar-refractivity contribution in [1.82, 2.24) is 29.4 Å². The number of fused-ring (bicyclic) bond motifs is 1. The summed E-state index contributed by atoms with van der Waals surface area (Å²) in [5.41, 5.74) is 3.20. The number of hydrogen-bond acceptors (Lipinski definition) is 9. The molecule has 6 rings (SSSR count). The predicted octanol–water partition coefficient (Wildman–Crippen LogP) is 4.29. The summed E-state index contributed by atoms with van der Waals surface area (Å²) < 4.78 is 12.7. The molecule has 1 aromatic carbocycles. The number of piperazine rings is 1. The number of rotatable bonds is 6. The van der Waals surface area contributed by atoms with Gasteiger partial charge in [0.1, 0.15) is 17.7 Å². The maximum atomic E-state index is 13.3. The Morgan fingerprint density at radius 2 is 1.74 bits per heavy atom. The summed E-state index contributed by atoms with van der Waals surface area (Å²) in [6, 6.07) is 12.1. The molecule has 0 radical (unpaired) electrons. The Bertz CT molecular complexity index is 1540. The molecule has 2 saturated heterocycles. The Labute approximate surface area is 250 Å². The van der Waals surface area contributed by atoms with Gasteiger partial charge in [-0.2, -0.15) is 0 Å². The van der Waals surface area contributed by atoms with E-state index in [-0.39, 0.29) is 17.9 Å². The van der Waals surface area contributed by atoms with Gasteiger partial charge in [-0.25, -0.2) is 9.78 Å². The second kappa shape index (κ2) is 11.9. The van der Waals surface area contributed by atoms with Gasteiger partial charge in [-0.05, 0) is 63.4 Å². The Morgan fingerprint density at radius 1 is 1.00 bits per heavy atom. The van der Waals surface area contributed by atoms with E-state index in [1.807, 2.05) is 48.4 Å². The molecule has 226 valence electrons. The van der Waals surface area contributed by atoms with E-state index in [9.17, 15) is 9.59 Å². The number of likely N-dealkylation sites (tertiary alicyclic amines) is 1. The number of carbonyl (C=O) groups is 2. The van der Waals surface area contributed by atoms with Crippen molar-refractivity contribution in [1.29, 1.82) is 0 Å². The molecule has 2 aliphatic heterocycles. The van der Waals surface area contributed by atoms with Crippen molar-refractivity contribution in [3.63, 3.8) is 0 Å². The van der Waals surface area contributed by atoms with Crippen LogP contribution in [0.2, 0.25) is 0 Å². The number of nitrogens with zero attached hydrogens (tertiary/aromatic N) is 7. The standard InChI is InChI=1S/C31H38N8O4/c1-31(2,3)43-30(41)38-12-10-23(11-13-38)28(40)37-16-14-36(15-17-37)24-8-6-22(7-9-24)26-20-33-29(39-21-34-35-27(26)39)32-19-25-5-4-18-42-25/h4-9,18,20-21,23H,10-17,19H2,1-3H3,(H,32,33). The van der Waals surface area contributed by atoms with E-state index < -0.39 is 5.60 Å². The first-order valence-electron chi connectivity index (χ1n) is 14.8. The number of ether oxygens (including phenoxy) is 1. The summed E-state index contributed by atoms with van der Waals surface area (Å²) >= 11 is 0. The third kappa shape index (κ3) is 6.42. The number of anilines is 2. The highest BCUT2D eigenvalue weighted by atomic mass is 16.6. The van der Waals surface area contributed by atoms with Crippen LogP contribution < -0.4 is 10.2 Å². The second-order valence-electron chi connectivity index (χ2n) is 12.1. The van der Waals surface area contributed by atoms with Crippen LogP contribution in [-0.2, 0) is 16.1 Å². The van der Waals surface area contributed by atoms with Crippen LogP contribution in [0.3, 0.4) is 0 Å². The maximum absolute atomic E-state index is 13.3. The molecule has 0 atom stereocenters. The molecule has 3 aromatic heterocycles. The Morgan fingerprint density at radius 3 is 2.42 bits per heavy atom. The van der Waals surface area contributed by atoms with E-state index in [4.69, 9.17) is 9.15 Å². The number of amides is 2. The molecule has 2 amide bonds. The topological polar surface area (TPSA) is 121 Å². The molecule has 2 fully saturated rings. The molecule has 0 unspecified atom stereocenters. The summed E-state index contributed by atoms with van der Waals surface area (Å²) in [7, 11) is 0. The largest absolute Gasteiger partial charge is 0.467 e. The lowest BCUT2D eigenvalue weighted by molar-refractivity contribution is -0.137. The van der Waals surface area contributed by atoms with Crippen LogP contribution >= 0.6 is 0 Å². The second-order valence-corrected chi connectivity index (χ2v) is 12.1. The predicted molar refractivity (Wildman–Crippen MR) is 162 cm³/mol. The fourth-order valence-corrected chi connectivity index (χ4v) is 5.66. The number of furan rings is 1. The third-order valence-electron chi connectivity index (χ3n) is 7.96. The molecule has 5 heterocycles. The molecular formula is C31H38N8O4. The third-order valence-corrected chi connectivity index (χ3v) is 7.96. The zero-order chi connectivity index (χ0) is 30.0. The maximum Gasteiger partial charge on any atom is 0.410 e. The van der Waals surface area contributed by atoms with Gasteiger partial charge >= 0.3 is 6.09 Å². The molecule has 0 spiro atoms. The number of hydrogen-bond donors (Lipinski definition) is 1. The molecule has 1 N–H and O–H groups in total. The normalized spacial score (nSPS) is 16.5. The van der Waals surface area contributed by atoms with E-state index in [0.717, 1.165) is 35.7 Å². The molecular weight excluding hydrogens is 548 g/mol. The molecule has 4 aromatic rings. The summed E-state index contributed by atoms with van der Waals surface area (Å²) in [6.07, 6.45) is 6.16. The van der Waals surface area contributed by atoms with Crippen LogP contribution in [0, 0.1) is 5.92 Å². The van der Waals surface area contributed by atoms with Crippen LogP contribution in [-0.4, -0.2) is 86.3 Å². The molecule has 0 bridgehead atoms. The van der Waals surface area contributed by atoms with Crippen molar-refractivity contribution in [3.05, 3.63) is 60.9 Å². The minimum Gasteiger partial charge on any atom is -0.467 e. The van der Waals surface area contributed by atoms with E-state index in [0.29, 0.717) is 57.2 Å². The Kier molecular flexibility index (Phi) is 7.92. The minimum atomic E-state index is -0.519. The van der Waals surface area contributed by atoms with Gasteiger partial charge in [0, 0.05) is 62.6 Å². The van der Waals surface area contributed by atoms with Gasteiger partial charge in [0.15, 0.2) is 5.65 Å². The first-order chi connectivity index (χ1) is 20.7. The zero-order valence-electron chi connectivity index (χ0n) is 24.9. The van der Waals surface area contributed by atoms with Gasteiger partial charge in [-0.15, -0.1) is 10.2 Å². The van der Waals surface area contributed by atoms with Gasteiger partial charge in [0.25, 0.3) is 0 Å². The fraction of sp³-hybridized carbons (Fsp3) is 0.452. The van der Waals surface area contributed by atoms with Crippen molar-refractivity contribution in [2.24, 2.45) is 5.92 Å². The number of benzene rings is 1. The first kappa shape index (κ1) is 28.5. The van der Waals surface area contributed by atoms with Crippen molar-refractivity contribution in [2.75, 3.05) is 49.5 Å². The van der Waals surface area contributed by atoms with Crippen molar-refractivity contribution >= 4 is 29.3 Å². The SMILES string of the molecule is CC(C)(C)OC(=O)N1CCC(C(=O)N2CCN(c3ccc(-c4cnc(NCc5ccco5)n5cnnc45)cc3)CC2)CC1. The summed E-state index contributed by atoms with van der Waals surface area (Å²) in [5, 5.41) is 11.7. The highest BCUT2D eigenvalue weighted by molar-refractivity contribution is 5.80. The van der Waals surface area contributed by atoms with Crippen LogP contribution in [0.1, 0.15) is 39.4 Å². The van der Waals surface area contributed by atoms with Gasteiger partial charge < -0.3 is 29.2 Å². The lowest BCUT2D eigenvalue weighted by Gasteiger charge is -2.39. The van der Waals surface area contributed by atoms with E-state index in [1.165, 1.54) is 0 Å². The highest BCUT2D eigenvalue weighted by Crippen LogP contribution is 2.28. The zero-order valence-corrected chi connectivity index (χ0v) is 24.9. The average molecular weight is 587 g/mol. The molecule has 43 heavy (non-hydrogen) atoms. The summed E-state index contributed by atoms with van der Waals surface area (Å²) in [5.74, 6) is 1.61. The number of carbonyl (C=O) groups excluding carboxylic acids is 2. The van der Waals surface area contributed by atoms with Crippen molar-refractivity contribution in [2.45, 2.75) is 45.8 Å². The van der Waals surface area contributed by atoms with E-state index >= 15 is 0 Å². The summed E-state index contributed by atoms with van der Waals surface area (Å²) in [4.78, 5) is 36.3. The van der Waals surface area contributed by atoms with Gasteiger partial charge in [-0.1, -0.05) is 12.1 Å². The number of aromatic nitrogens is 4. The first-order valence-corrected chi connectivity index (χ1v) is 14.8. The molecule has 12 heteroatoms. The fourth-order valence-electron chi connectivity index (χ4n) is 5.66. The molecule has 0 aliphatic carbocycles. The Balaban J connectivity index is 1.03. The van der Waals surface area contributed by atoms with E-state index in [2.05, 4.69) is 49.7 Å². The van der Waals surface area contributed by atoms with Crippen molar-refractivity contribution in [3.8, 4) is 11.1 Å². The monoisotopic (exact) mass is 586 g/mol. The minimum absolute atomic E-state index is 0.0427. The highest BCUT2D eigenvalue weighted by Gasteiger charge is 2.33. The molecule has 12 nitrogen and oxygen atoms in total. The average Bonchev–Trinajstić information content (AvgIpc) is 3.72. The van der Waals surface area contributed by atoms with Crippen LogP contribution in [0.15, 0.2) is 59.6 Å². The smallest absolute Gasteiger partial charge is 0.410 e. The van der Waals surface area contributed by atoms with Crippen molar-refractivity contribution < 1.29 is 18.7 Å². The van der Waals surface area contributed by atoms with Crippen LogP contribution in [0.5, 0.6) is 0 Å². The lowest BCUT2D eigenvalue weighted by Crippen LogP contribution is -2.52. The quantitative estimate of drug-likeness (QED) is 0.353. The summed E-state index contributed by atoms with van der Waals surface area (Å²) in [6.45, 7) is 10.1. The van der Waals surface area contributed by atoms with E-state index in [1.54, 1.807) is 17.5 Å². The lowest BCUT2D eigenvalue weighted by atomic mass is 9.95. The molecule has 0 saturated carbocycles. The van der Waals surface area contributed by atoms with Gasteiger partial charge in [-0.3, -0.25) is 9.20 Å². The van der Waals surface area contributed by atoms with Gasteiger partial charge in [0.05, 0.1) is 12.8 Å². The Hall–Kier alpha value is -4.61. The van der Waals surface area contributed by atoms with Gasteiger partial charge in [0.2, 0.25) is 11.9 Å². The number of nitrogens with one attached hydrogen (secondary N) is 1. The van der Waals surface area contributed by atoms with Crippen LogP contribution in [0.25, 0.3) is 16.8 Å². The number of piperidine rings is 1.